The van der Waals surface area contributed by atoms with Gasteiger partial charge in [-0.2, -0.15) is 0 Å². The topological polar surface area (TPSA) is 149 Å². The maximum absolute atomic E-state index is 12.7. The molecular formula is C24H29N5O4. The summed E-state index contributed by atoms with van der Waals surface area (Å²) in [6.07, 6.45) is 2.69. The highest BCUT2D eigenvalue weighted by molar-refractivity contribution is 5.99. The normalized spacial score (nSPS) is 12.6. The van der Waals surface area contributed by atoms with Crippen LogP contribution in [0, 0.1) is 11.3 Å². The lowest BCUT2D eigenvalue weighted by Crippen LogP contribution is -2.34. The summed E-state index contributed by atoms with van der Waals surface area (Å²) < 4.78 is 0. The Kier molecular flexibility index (Phi) is 8.15. The van der Waals surface area contributed by atoms with Gasteiger partial charge in [0.25, 0.3) is 0 Å². The van der Waals surface area contributed by atoms with Crippen LogP contribution in [0.15, 0.2) is 48.5 Å². The van der Waals surface area contributed by atoms with Gasteiger partial charge in [0, 0.05) is 48.4 Å². The third-order valence-electron chi connectivity index (χ3n) is 5.30. The van der Waals surface area contributed by atoms with Gasteiger partial charge in [-0.1, -0.05) is 0 Å². The van der Waals surface area contributed by atoms with Crippen LogP contribution < -0.4 is 21.3 Å². The number of aliphatic hydroxyl groups is 1. The van der Waals surface area contributed by atoms with E-state index in [0.29, 0.717) is 35.0 Å². The molecule has 0 bridgehead atoms. The highest BCUT2D eigenvalue weighted by Crippen LogP contribution is 2.32. The number of nitrogens with zero attached hydrogens (tertiary/aromatic N) is 1. The van der Waals surface area contributed by atoms with E-state index in [4.69, 9.17) is 11.1 Å². The molecule has 9 nitrogen and oxygen atoms in total. The lowest BCUT2D eigenvalue weighted by Gasteiger charge is -2.22. The van der Waals surface area contributed by atoms with Crippen LogP contribution in [0.2, 0.25) is 0 Å². The fourth-order valence-electron chi connectivity index (χ4n) is 3.33. The number of rotatable bonds is 11. The molecule has 2 aromatic carbocycles. The molecule has 0 unspecified atom stereocenters. The Morgan fingerprint density at radius 3 is 2.06 bits per heavy atom. The summed E-state index contributed by atoms with van der Waals surface area (Å²) in [5, 5.41) is 22.3. The van der Waals surface area contributed by atoms with Crippen LogP contribution in [0.1, 0.15) is 37.7 Å². The Labute approximate surface area is 192 Å². The van der Waals surface area contributed by atoms with E-state index in [0.717, 1.165) is 12.8 Å². The second kappa shape index (κ2) is 11.2. The van der Waals surface area contributed by atoms with Crippen molar-refractivity contribution in [1.29, 1.82) is 5.41 Å². The van der Waals surface area contributed by atoms with Gasteiger partial charge in [0.15, 0.2) is 0 Å². The first-order chi connectivity index (χ1) is 15.9. The zero-order valence-corrected chi connectivity index (χ0v) is 18.3. The summed E-state index contributed by atoms with van der Waals surface area (Å²) in [6.45, 7) is -0.124. The number of hydrogen-bond donors (Lipinski definition) is 5. The van der Waals surface area contributed by atoms with E-state index < -0.39 is 0 Å². The van der Waals surface area contributed by atoms with Gasteiger partial charge >= 0.3 is 0 Å². The minimum atomic E-state index is -0.323. The SMILES string of the molecule is N=C(N)c1ccc(NC(=O)CCC(=O)N(CCO)c2ccc(NC(=O)CC3CC3)cc2)cc1. The maximum Gasteiger partial charge on any atom is 0.227 e. The second-order valence-electron chi connectivity index (χ2n) is 8.05. The molecule has 3 rings (SSSR count). The molecule has 0 heterocycles. The highest BCUT2D eigenvalue weighted by Gasteiger charge is 2.24. The molecule has 3 amide bonds. The Morgan fingerprint density at radius 2 is 1.52 bits per heavy atom. The molecule has 1 aliphatic rings. The number of nitrogens with one attached hydrogen (secondary N) is 3. The summed E-state index contributed by atoms with van der Waals surface area (Å²) in [5.74, 6) is -0.195. The van der Waals surface area contributed by atoms with E-state index >= 15 is 0 Å². The molecule has 174 valence electrons. The zero-order valence-electron chi connectivity index (χ0n) is 18.3. The van der Waals surface area contributed by atoms with E-state index in [1.165, 1.54) is 4.90 Å². The first-order valence-corrected chi connectivity index (χ1v) is 10.9. The first-order valence-electron chi connectivity index (χ1n) is 10.9. The predicted molar refractivity (Wildman–Crippen MR) is 127 cm³/mol. The van der Waals surface area contributed by atoms with Gasteiger partial charge in [-0.15, -0.1) is 0 Å². The van der Waals surface area contributed by atoms with E-state index in [1.54, 1.807) is 48.5 Å². The van der Waals surface area contributed by atoms with Crippen LogP contribution in [0.3, 0.4) is 0 Å². The molecule has 1 aliphatic carbocycles. The summed E-state index contributed by atoms with van der Waals surface area (Å²) in [7, 11) is 0. The van der Waals surface area contributed by atoms with Crippen molar-refractivity contribution in [2.45, 2.75) is 32.1 Å². The number of amidine groups is 1. The van der Waals surface area contributed by atoms with Crippen molar-refractivity contribution in [3.05, 3.63) is 54.1 Å². The maximum atomic E-state index is 12.7. The van der Waals surface area contributed by atoms with Gasteiger partial charge < -0.3 is 26.4 Å². The minimum Gasteiger partial charge on any atom is -0.395 e. The summed E-state index contributed by atoms with van der Waals surface area (Å²) in [6, 6.07) is 13.4. The van der Waals surface area contributed by atoms with Gasteiger partial charge in [0.05, 0.1) is 6.61 Å². The van der Waals surface area contributed by atoms with Crippen LogP contribution in [-0.4, -0.2) is 41.8 Å². The molecule has 0 aromatic heterocycles. The van der Waals surface area contributed by atoms with Gasteiger partial charge in [0.1, 0.15) is 5.84 Å². The highest BCUT2D eigenvalue weighted by atomic mass is 16.3. The number of carbonyl (C=O) groups excluding carboxylic acids is 3. The third kappa shape index (κ3) is 7.43. The van der Waals surface area contributed by atoms with E-state index in [2.05, 4.69) is 10.6 Å². The van der Waals surface area contributed by atoms with Crippen LogP contribution in [0.4, 0.5) is 17.1 Å². The largest absolute Gasteiger partial charge is 0.395 e. The predicted octanol–water partition coefficient (Wildman–Crippen LogP) is 2.45. The number of carbonyl (C=O) groups is 3. The number of nitrogen functional groups attached to an aromatic ring is 1. The van der Waals surface area contributed by atoms with Crippen LogP contribution >= 0.6 is 0 Å². The number of hydrogen-bond acceptors (Lipinski definition) is 5. The summed E-state index contributed by atoms with van der Waals surface area (Å²) in [4.78, 5) is 38.3. The molecule has 6 N–H and O–H groups in total. The summed E-state index contributed by atoms with van der Waals surface area (Å²) >= 11 is 0. The fraction of sp³-hybridized carbons (Fsp3) is 0.333. The van der Waals surface area contributed by atoms with E-state index in [-0.39, 0.29) is 49.6 Å². The molecule has 1 fully saturated rings. The molecule has 0 saturated heterocycles. The van der Waals surface area contributed by atoms with Crippen molar-refractivity contribution >= 4 is 40.6 Å². The average Bonchev–Trinajstić information content (AvgIpc) is 3.60. The number of anilines is 3. The first kappa shape index (κ1) is 23.9. The summed E-state index contributed by atoms with van der Waals surface area (Å²) in [5.41, 5.74) is 7.74. The molecule has 33 heavy (non-hydrogen) atoms. The van der Waals surface area contributed by atoms with Gasteiger partial charge in [-0.25, -0.2) is 0 Å². The third-order valence-corrected chi connectivity index (χ3v) is 5.30. The minimum absolute atomic E-state index is 0.0181. The molecule has 9 heteroatoms. The Bertz CT molecular complexity index is 1000. The van der Waals surface area contributed by atoms with Crippen molar-refractivity contribution < 1.29 is 19.5 Å². The van der Waals surface area contributed by atoms with E-state index in [1.807, 2.05) is 0 Å². The monoisotopic (exact) mass is 451 g/mol. The molecule has 1 saturated carbocycles. The van der Waals surface area contributed by atoms with Crippen LogP contribution in [0.25, 0.3) is 0 Å². The molecule has 0 radical (unpaired) electrons. The molecule has 0 spiro atoms. The number of benzene rings is 2. The molecule has 0 aliphatic heterocycles. The number of nitrogens with two attached hydrogens (primary N) is 1. The van der Waals surface area contributed by atoms with Crippen molar-refractivity contribution in [2.24, 2.45) is 11.7 Å². The van der Waals surface area contributed by atoms with Gasteiger partial charge in [0.2, 0.25) is 17.7 Å². The van der Waals surface area contributed by atoms with Gasteiger partial charge in [-0.05, 0) is 67.3 Å². The Hall–Kier alpha value is -3.72. The fourth-order valence-corrected chi connectivity index (χ4v) is 3.33. The Morgan fingerprint density at radius 1 is 0.939 bits per heavy atom. The molecule has 2 aromatic rings. The smallest absolute Gasteiger partial charge is 0.227 e. The van der Waals surface area contributed by atoms with Crippen molar-refractivity contribution in [3.8, 4) is 0 Å². The number of aliphatic hydroxyl groups excluding tert-OH is 1. The zero-order chi connectivity index (χ0) is 23.8. The Balaban J connectivity index is 1.52. The van der Waals surface area contributed by atoms with Crippen molar-refractivity contribution in [2.75, 3.05) is 28.7 Å². The second-order valence-corrected chi connectivity index (χ2v) is 8.05. The lowest BCUT2D eigenvalue weighted by molar-refractivity contribution is -0.122. The van der Waals surface area contributed by atoms with Crippen LogP contribution in [-0.2, 0) is 14.4 Å². The van der Waals surface area contributed by atoms with Crippen molar-refractivity contribution in [3.63, 3.8) is 0 Å². The van der Waals surface area contributed by atoms with Crippen LogP contribution in [0.5, 0.6) is 0 Å². The van der Waals surface area contributed by atoms with E-state index in [9.17, 15) is 19.5 Å². The number of amides is 3. The van der Waals surface area contributed by atoms with Gasteiger partial charge in [-0.3, -0.25) is 19.8 Å². The van der Waals surface area contributed by atoms with Crippen molar-refractivity contribution in [1.82, 2.24) is 0 Å². The molecular weight excluding hydrogens is 422 g/mol. The molecule has 0 atom stereocenters. The lowest BCUT2D eigenvalue weighted by atomic mass is 10.2. The quantitative estimate of drug-likeness (QED) is 0.263. The average molecular weight is 452 g/mol. The standard InChI is InChI=1S/C24H29N5O4/c25-24(26)17-3-5-18(6-4-17)27-21(31)11-12-23(33)29(13-14-30)20-9-7-19(8-10-20)28-22(32)15-16-1-2-16/h3-10,16,30H,1-2,11-15H2,(H3,25,26)(H,27,31)(H,28,32).